The zero-order chi connectivity index (χ0) is 19.0. The van der Waals surface area contributed by atoms with Crippen LogP contribution in [0.1, 0.15) is 30.6 Å². The van der Waals surface area contributed by atoms with Gasteiger partial charge in [-0.3, -0.25) is 4.79 Å². The standard InChI is InChI=1S/C16H24N2O6S/c1-11(2)10-14(16(20)21)18-15(19)12-4-6-13(7-5-12)25(22,23)17-8-9-24-3/h4-7,11,14,17H,8-10H2,1-3H3,(H,18,19)(H,20,21)/t14-/m1/s1. The first-order valence-electron chi connectivity index (χ1n) is 7.79. The average Bonchev–Trinajstić information content (AvgIpc) is 2.54. The Bertz CT molecular complexity index is 685. The summed E-state index contributed by atoms with van der Waals surface area (Å²) < 4.78 is 31.2. The van der Waals surface area contributed by atoms with E-state index in [4.69, 9.17) is 9.84 Å². The van der Waals surface area contributed by atoms with Gasteiger partial charge in [0.05, 0.1) is 11.5 Å². The van der Waals surface area contributed by atoms with Crippen LogP contribution in [0.3, 0.4) is 0 Å². The SMILES string of the molecule is COCCNS(=O)(=O)c1ccc(C(=O)N[C@H](CC(C)C)C(=O)O)cc1. The van der Waals surface area contributed by atoms with Gasteiger partial charge in [0, 0.05) is 19.2 Å². The third kappa shape index (κ3) is 6.81. The van der Waals surface area contributed by atoms with Crippen LogP contribution >= 0.6 is 0 Å². The number of sulfonamides is 1. The molecule has 1 amide bonds. The highest BCUT2D eigenvalue weighted by molar-refractivity contribution is 7.89. The van der Waals surface area contributed by atoms with Gasteiger partial charge in [0.25, 0.3) is 5.91 Å². The maximum absolute atomic E-state index is 12.2. The summed E-state index contributed by atoms with van der Waals surface area (Å²) in [6, 6.07) is 4.28. The number of nitrogens with one attached hydrogen (secondary N) is 2. The molecule has 1 aromatic rings. The van der Waals surface area contributed by atoms with E-state index in [1.807, 2.05) is 13.8 Å². The summed E-state index contributed by atoms with van der Waals surface area (Å²) in [5, 5.41) is 11.6. The third-order valence-electron chi connectivity index (χ3n) is 3.34. The number of rotatable bonds is 10. The molecule has 0 aromatic heterocycles. The Hall–Kier alpha value is -1.97. The number of carbonyl (C=O) groups is 2. The second kappa shape index (κ2) is 9.50. The van der Waals surface area contributed by atoms with Crippen molar-refractivity contribution >= 4 is 21.9 Å². The third-order valence-corrected chi connectivity index (χ3v) is 4.81. The molecule has 3 N–H and O–H groups in total. The summed E-state index contributed by atoms with van der Waals surface area (Å²) in [7, 11) is -2.22. The first-order chi connectivity index (χ1) is 11.7. The first-order valence-corrected chi connectivity index (χ1v) is 9.28. The monoisotopic (exact) mass is 372 g/mol. The maximum atomic E-state index is 12.2. The predicted octanol–water partition coefficient (Wildman–Crippen LogP) is 0.840. The highest BCUT2D eigenvalue weighted by Crippen LogP contribution is 2.12. The molecule has 0 aliphatic rings. The first kappa shape index (κ1) is 21.1. The van der Waals surface area contributed by atoms with Gasteiger partial charge in [0.1, 0.15) is 6.04 Å². The molecule has 25 heavy (non-hydrogen) atoms. The number of amides is 1. The Balaban J connectivity index is 2.81. The molecule has 0 saturated carbocycles. The number of carboxylic acid groups (broad SMARTS) is 1. The molecule has 140 valence electrons. The molecule has 0 bridgehead atoms. The van der Waals surface area contributed by atoms with Crippen LogP contribution in [0.2, 0.25) is 0 Å². The van der Waals surface area contributed by atoms with Gasteiger partial charge >= 0.3 is 5.97 Å². The molecule has 8 nitrogen and oxygen atoms in total. The maximum Gasteiger partial charge on any atom is 0.326 e. The Labute approximate surface area is 147 Å². The fourth-order valence-corrected chi connectivity index (χ4v) is 3.09. The minimum absolute atomic E-state index is 0.0112. The Kier molecular flexibility index (Phi) is 8.01. The molecule has 0 fully saturated rings. The van der Waals surface area contributed by atoms with E-state index in [1.54, 1.807) is 0 Å². The van der Waals surface area contributed by atoms with Crippen molar-refractivity contribution in [2.45, 2.75) is 31.2 Å². The number of carbonyl (C=O) groups excluding carboxylic acids is 1. The molecule has 0 heterocycles. The lowest BCUT2D eigenvalue weighted by molar-refractivity contribution is -0.139. The largest absolute Gasteiger partial charge is 0.480 e. The van der Waals surface area contributed by atoms with E-state index in [-0.39, 0.29) is 29.5 Å². The number of aliphatic carboxylic acids is 1. The van der Waals surface area contributed by atoms with Crippen LogP contribution < -0.4 is 10.0 Å². The summed E-state index contributed by atoms with van der Waals surface area (Å²) in [6.07, 6.45) is 0.303. The van der Waals surface area contributed by atoms with Crippen molar-refractivity contribution < 1.29 is 27.9 Å². The smallest absolute Gasteiger partial charge is 0.326 e. The van der Waals surface area contributed by atoms with Crippen LogP contribution in [0.25, 0.3) is 0 Å². The van der Waals surface area contributed by atoms with E-state index >= 15 is 0 Å². The van der Waals surface area contributed by atoms with Crippen molar-refractivity contribution in [2.24, 2.45) is 5.92 Å². The summed E-state index contributed by atoms with van der Waals surface area (Å²) in [5.41, 5.74) is 0.186. The normalized spacial score (nSPS) is 12.8. The summed E-state index contributed by atoms with van der Waals surface area (Å²) in [5.74, 6) is -1.57. The quantitative estimate of drug-likeness (QED) is 0.523. The van der Waals surface area contributed by atoms with Crippen molar-refractivity contribution in [1.82, 2.24) is 10.0 Å². The zero-order valence-corrected chi connectivity index (χ0v) is 15.3. The molecule has 0 aliphatic carbocycles. The van der Waals surface area contributed by atoms with E-state index in [0.717, 1.165) is 0 Å². The van der Waals surface area contributed by atoms with Crippen LogP contribution in [-0.2, 0) is 19.6 Å². The summed E-state index contributed by atoms with van der Waals surface area (Å²) in [4.78, 5) is 23.4. The molecule has 1 rings (SSSR count). The number of ether oxygens (including phenoxy) is 1. The lowest BCUT2D eigenvalue weighted by Gasteiger charge is -2.16. The lowest BCUT2D eigenvalue weighted by atomic mass is 10.0. The second-order valence-electron chi connectivity index (χ2n) is 5.91. The Morgan fingerprint density at radius 1 is 1.20 bits per heavy atom. The fourth-order valence-electron chi connectivity index (χ4n) is 2.08. The fraction of sp³-hybridized carbons (Fsp3) is 0.500. The molecule has 0 spiro atoms. The van der Waals surface area contributed by atoms with Crippen LogP contribution in [0.15, 0.2) is 29.2 Å². The molecule has 0 saturated heterocycles. The number of carboxylic acids is 1. The highest BCUT2D eigenvalue weighted by Gasteiger charge is 2.22. The van der Waals surface area contributed by atoms with Gasteiger partial charge in [0.15, 0.2) is 0 Å². The van der Waals surface area contributed by atoms with Gasteiger partial charge in [-0.05, 0) is 36.6 Å². The van der Waals surface area contributed by atoms with E-state index < -0.39 is 27.9 Å². The van der Waals surface area contributed by atoms with Gasteiger partial charge in [-0.2, -0.15) is 0 Å². The number of methoxy groups -OCH3 is 1. The second-order valence-corrected chi connectivity index (χ2v) is 7.68. The molecule has 0 radical (unpaired) electrons. The number of benzene rings is 1. The van der Waals surface area contributed by atoms with Crippen LogP contribution in [0, 0.1) is 5.92 Å². The van der Waals surface area contributed by atoms with Crippen LogP contribution in [0.5, 0.6) is 0 Å². The predicted molar refractivity (Wildman–Crippen MR) is 91.9 cm³/mol. The molecule has 9 heteroatoms. The molecule has 0 unspecified atom stereocenters. The number of hydrogen-bond donors (Lipinski definition) is 3. The summed E-state index contributed by atoms with van der Waals surface area (Å²) in [6.45, 7) is 4.10. The van der Waals surface area contributed by atoms with E-state index in [1.165, 1.54) is 31.4 Å². The molecule has 0 aliphatic heterocycles. The van der Waals surface area contributed by atoms with Crippen molar-refractivity contribution in [3.63, 3.8) is 0 Å². The van der Waals surface area contributed by atoms with Gasteiger partial charge in [0.2, 0.25) is 10.0 Å². The molecule has 1 atom stereocenters. The van der Waals surface area contributed by atoms with E-state index in [2.05, 4.69) is 10.0 Å². The average molecular weight is 372 g/mol. The van der Waals surface area contributed by atoms with Crippen LogP contribution in [0.4, 0.5) is 0 Å². The van der Waals surface area contributed by atoms with E-state index in [0.29, 0.717) is 6.42 Å². The molecule has 1 aromatic carbocycles. The topological polar surface area (TPSA) is 122 Å². The van der Waals surface area contributed by atoms with E-state index in [9.17, 15) is 18.0 Å². The Morgan fingerprint density at radius 2 is 1.80 bits per heavy atom. The lowest BCUT2D eigenvalue weighted by Crippen LogP contribution is -2.41. The molecular formula is C16H24N2O6S. The van der Waals surface area contributed by atoms with Crippen molar-refractivity contribution in [2.75, 3.05) is 20.3 Å². The van der Waals surface area contributed by atoms with Crippen molar-refractivity contribution in [3.05, 3.63) is 29.8 Å². The minimum atomic E-state index is -3.68. The molecular weight excluding hydrogens is 348 g/mol. The van der Waals surface area contributed by atoms with Crippen LogP contribution in [-0.4, -0.2) is 51.7 Å². The number of hydrogen-bond acceptors (Lipinski definition) is 5. The minimum Gasteiger partial charge on any atom is -0.480 e. The van der Waals surface area contributed by atoms with Gasteiger partial charge < -0.3 is 15.2 Å². The van der Waals surface area contributed by atoms with Crippen molar-refractivity contribution in [3.8, 4) is 0 Å². The Morgan fingerprint density at radius 3 is 2.28 bits per heavy atom. The highest BCUT2D eigenvalue weighted by atomic mass is 32.2. The summed E-state index contributed by atoms with van der Waals surface area (Å²) >= 11 is 0. The zero-order valence-electron chi connectivity index (χ0n) is 14.5. The van der Waals surface area contributed by atoms with Gasteiger partial charge in [-0.25, -0.2) is 17.9 Å². The van der Waals surface area contributed by atoms with Gasteiger partial charge in [-0.15, -0.1) is 0 Å². The van der Waals surface area contributed by atoms with Gasteiger partial charge in [-0.1, -0.05) is 13.8 Å². The van der Waals surface area contributed by atoms with Crippen molar-refractivity contribution in [1.29, 1.82) is 0 Å².